The van der Waals surface area contributed by atoms with Crippen molar-refractivity contribution in [2.75, 3.05) is 0 Å². The summed E-state index contributed by atoms with van der Waals surface area (Å²) in [6, 6.07) is 45.0. The molecule has 0 aromatic heterocycles. The zero-order chi connectivity index (χ0) is 27.2. The molecule has 40 heavy (non-hydrogen) atoms. The summed E-state index contributed by atoms with van der Waals surface area (Å²) in [5, 5.41) is 2.73. The number of hydrogen-bond acceptors (Lipinski definition) is 0. The van der Waals surface area contributed by atoms with E-state index in [9.17, 15) is 0 Å². The zero-order valence-corrected chi connectivity index (χ0v) is 23.5. The first-order valence-corrected chi connectivity index (χ1v) is 14.4. The van der Waals surface area contributed by atoms with Crippen molar-refractivity contribution in [3.05, 3.63) is 144 Å². The Bertz CT molecular complexity index is 1830. The first kappa shape index (κ1) is 23.5. The van der Waals surface area contributed by atoms with Gasteiger partial charge in [-0.25, -0.2) is 0 Å². The van der Waals surface area contributed by atoms with Crippen molar-refractivity contribution in [3.63, 3.8) is 0 Å². The van der Waals surface area contributed by atoms with E-state index in [-0.39, 0.29) is 10.8 Å². The molecule has 0 nitrogen and oxygen atoms in total. The fourth-order valence-corrected chi connectivity index (χ4v) is 7.70. The molecular weight excluding hydrogens is 480 g/mol. The van der Waals surface area contributed by atoms with Crippen molar-refractivity contribution in [2.24, 2.45) is 0 Å². The summed E-state index contributed by atoms with van der Waals surface area (Å²) in [6.07, 6.45) is 0. The molecule has 0 unspecified atom stereocenters. The van der Waals surface area contributed by atoms with Crippen LogP contribution < -0.4 is 0 Å². The number of hydrogen-bond donors (Lipinski definition) is 0. The maximum atomic E-state index is 2.45. The highest BCUT2D eigenvalue weighted by Crippen LogP contribution is 2.62. The van der Waals surface area contributed by atoms with Crippen LogP contribution in [0, 0.1) is 0 Å². The van der Waals surface area contributed by atoms with Gasteiger partial charge in [-0.1, -0.05) is 137 Å². The molecule has 0 fully saturated rings. The Morgan fingerprint density at radius 3 is 1.15 bits per heavy atom. The Balaban J connectivity index is 1.43. The van der Waals surface area contributed by atoms with Gasteiger partial charge in [0.1, 0.15) is 0 Å². The average Bonchev–Trinajstić information content (AvgIpc) is 3.37. The minimum absolute atomic E-state index is 0.120. The first-order valence-electron chi connectivity index (χ1n) is 14.4. The number of fused-ring (bicyclic) bond motifs is 10. The third kappa shape index (κ3) is 3.02. The maximum Gasteiger partial charge on any atom is 0.0162 e. The van der Waals surface area contributed by atoms with E-state index in [0.717, 1.165) is 0 Å². The lowest BCUT2D eigenvalue weighted by Gasteiger charge is -2.31. The smallest absolute Gasteiger partial charge is 0.0162 e. The Morgan fingerprint density at radius 2 is 0.750 bits per heavy atom. The Hall–Kier alpha value is -4.42. The molecule has 0 saturated heterocycles. The fraction of sp³-hybridized carbons (Fsp3) is 0.150. The molecule has 0 N–H and O–H groups in total. The lowest BCUT2D eigenvalue weighted by atomic mass is 9.71. The van der Waals surface area contributed by atoms with Gasteiger partial charge >= 0.3 is 0 Å². The van der Waals surface area contributed by atoms with Crippen molar-refractivity contribution in [2.45, 2.75) is 38.5 Å². The van der Waals surface area contributed by atoms with Gasteiger partial charge in [-0.15, -0.1) is 0 Å². The van der Waals surface area contributed by atoms with Crippen molar-refractivity contribution in [1.82, 2.24) is 0 Å². The SMILES string of the molecule is CC1(C)c2cc(-c3ccccc3)ccc2-c2c1c1c(c3ccccc23)-c2ccc(-c3ccccc3)cc2C1(C)C. The van der Waals surface area contributed by atoms with E-state index in [1.165, 1.54) is 77.5 Å². The lowest BCUT2D eigenvalue weighted by molar-refractivity contribution is 0.602. The first-order chi connectivity index (χ1) is 19.4. The third-order valence-electron chi connectivity index (χ3n) is 9.60. The summed E-state index contributed by atoms with van der Waals surface area (Å²) in [5.41, 5.74) is 16.4. The molecule has 0 bridgehead atoms. The molecule has 6 aromatic carbocycles. The Kier molecular flexibility index (Phi) is 4.73. The van der Waals surface area contributed by atoms with Gasteiger partial charge in [-0.2, -0.15) is 0 Å². The summed E-state index contributed by atoms with van der Waals surface area (Å²) in [5.74, 6) is 0. The van der Waals surface area contributed by atoms with E-state index in [1.807, 2.05) is 0 Å². The lowest BCUT2D eigenvalue weighted by Crippen LogP contribution is -2.24. The van der Waals surface area contributed by atoms with Crippen molar-refractivity contribution < 1.29 is 0 Å². The molecule has 0 spiro atoms. The predicted octanol–water partition coefficient (Wildman–Crippen LogP) is 10.8. The van der Waals surface area contributed by atoms with Gasteiger partial charge < -0.3 is 0 Å². The molecule has 8 rings (SSSR count). The fourth-order valence-electron chi connectivity index (χ4n) is 7.70. The molecule has 2 aliphatic carbocycles. The van der Waals surface area contributed by atoms with Crippen LogP contribution >= 0.6 is 0 Å². The van der Waals surface area contributed by atoms with Crippen LogP contribution in [0.15, 0.2) is 121 Å². The second kappa shape index (κ2) is 8.05. The molecule has 0 amide bonds. The standard InChI is InChI=1S/C40H32/c1-39(2)33-23-27(25-13-7-5-8-14-25)19-21-31(33)35-29-17-11-12-18-30(29)36-32-22-20-28(26-15-9-6-10-16-26)24-34(32)40(3,4)38(36)37(35)39/h5-24H,1-4H3. The van der Waals surface area contributed by atoms with Crippen molar-refractivity contribution in [3.8, 4) is 44.5 Å². The van der Waals surface area contributed by atoms with Crippen molar-refractivity contribution >= 4 is 10.8 Å². The molecule has 192 valence electrons. The van der Waals surface area contributed by atoms with Gasteiger partial charge in [0.05, 0.1) is 0 Å². The normalized spacial score (nSPS) is 15.4. The van der Waals surface area contributed by atoms with Gasteiger partial charge in [0.25, 0.3) is 0 Å². The number of benzene rings is 6. The second-order valence-electron chi connectivity index (χ2n) is 12.5. The monoisotopic (exact) mass is 512 g/mol. The van der Waals surface area contributed by atoms with E-state index in [2.05, 4.69) is 149 Å². The summed E-state index contributed by atoms with van der Waals surface area (Å²) in [6.45, 7) is 9.76. The van der Waals surface area contributed by atoms with E-state index in [0.29, 0.717) is 0 Å². The molecule has 0 atom stereocenters. The molecule has 0 heteroatoms. The third-order valence-corrected chi connectivity index (χ3v) is 9.60. The highest BCUT2D eigenvalue weighted by Gasteiger charge is 2.47. The molecule has 0 heterocycles. The van der Waals surface area contributed by atoms with Crippen LogP contribution in [0.5, 0.6) is 0 Å². The van der Waals surface area contributed by atoms with Gasteiger partial charge in [0.15, 0.2) is 0 Å². The van der Waals surface area contributed by atoms with E-state index < -0.39 is 0 Å². The summed E-state index contributed by atoms with van der Waals surface area (Å²) in [7, 11) is 0. The molecule has 0 aliphatic heterocycles. The summed E-state index contributed by atoms with van der Waals surface area (Å²) >= 11 is 0. The van der Waals surface area contributed by atoms with Crippen LogP contribution in [0.1, 0.15) is 49.9 Å². The average molecular weight is 513 g/mol. The molecule has 2 aliphatic rings. The van der Waals surface area contributed by atoms with E-state index in [1.54, 1.807) is 0 Å². The van der Waals surface area contributed by atoms with Crippen LogP contribution in [0.3, 0.4) is 0 Å². The topological polar surface area (TPSA) is 0 Å². The van der Waals surface area contributed by atoms with E-state index >= 15 is 0 Å². The van der Waals surface area contributed by atoms with Crippen LogP contribution in [0.25, 0.3) is 55.3 Å². The summed E-state index contributed by atoms with van der Waals surface area (Å²) < 4.78 is 0. The highest BCUT2D eigenvalue weighted by atomic mass is 14.5. The number of rotatable bonds is 2. The highest BCUT2D eigenvalue weighted by molar-refractivity contribution is 6.13. The molecule has 0 radical (unpaired) electrons. The van der Waals surface area contributed by atoms with E-state index in [4.69, 9.17) is 0 Å². The predicted molar refractivity (Wildman–Crippen MR) is 170 cm³/mol. The van der Waals surface area contributed by atoms with Crippen LogP contribution in [-0.2, 0) is 10.8 Å². The van der Waals surface area contributed by atoms with Crippen LogP contribution in [-0.4, -0.2) is 0 Å². The molecule has 6 aromatic rings. The van der Waals surface area contributed by atoms with Crippen molar-refractivity contribution in [1.29, 1.82) is 0 Å². The zero-order valence-electron chi connectivity index (χ0n) is 23.5. The second-order valence-corrected chi connectivity index (χ2v) is 12.5. The minimum Gasteiger partial charge on any atom is -0.0622 e. The summed E-state index contributed by atoms with van der Waals surface area (Å²) in [4.78, 5) is 0. The van der Waals surface area contributed by atoms with Gasteiger partial charge in [0.2, 0.25) is 0 Å². The quantitative estimate of drug-likeness (QED) is 0.216. The maximum absolute atomic E-state index is 2.45. The Labute approximate surface area is 237 Å². The Morgan fingerprint density at radius 1 is 0.375 bits per heavy atom. The van der Waals surface area contributed by atoms with Crippen LogP contribution in [0.2, 0.25) is 0 Å². The minimum atomic E-state index is -0.120. The molecule has 0 saturated carbocycles. The van der Waals surface area contributed by atoms with Gasteiger partial charge in [-0.3, -0.25) is 0 Å². The largest absolute Gasteiger partial charge is 0.0622 e. The van der Waals surface area contributed by atoms with Gasteiger partial charge in [0, 0.05) is 10.8 Å². The molecular formula is C40H32. The van der Waals surface area contributed by atoms with Gasteiger partial charge in [-0.05, 0) is 89.7 Å². The van der Waals surface area contributed by atoms with Crippen LogP contribution in [0.4, 0.5) is 0 Å².